The Hall–Kier alpha value is -2.97. The molecule has 34 heavy (non-hydrogen) atoms. The van der Waals surface area contributed by atoms with E-state index >= 15 is 0 Å². The number of ketones is 1. The zero-order valence-corrected chi connectivity index (χ0v) is 21.2. The predicted molar refractivity (Wildman–Crippen MR) is 135 cm³/mol. The molecule has 1 N–H and O–H groups in total. The average Bonchev–Trinajstić information content (AvgIpc) is 3.30. The van der Waals surface area contributed by atoms with Crippen molar-refractivity contribution in [2.45, 2.75) is 40.2 Å². The van der Waals surface area contributed by atoms with Crippen molar-refractivity contribution < 1.29 is 19.4 Å². The van der Waals surface area contributed by atoms with E-state index in [9.17, 15) is 14.7 Å². The van der Waals surface area contributed by atoms with E-state index in [-0.39, 0.29) is 11.4 Å². The van der Waals surface area contributed by atoms with E-state index in [0.717, 1.165) is 36.6 Å². The molecule has 7 nitrogen and oxygen atoms in total. The molecule has 1 aromatic carbocycles. The van der Waals surface area contributed by atoms with Crippen molar-refractivity contribution in [3.05, 3.63) is 69.4 Å². The van der Waals surface area contributed by atoms with Crippen LogP contribution >= 0.6 is 11.3 Å². The van der Waals surface area contributed by atoms with Crippen LogP contribution < -0.4 is 4.74 Å². The number of thiazole rings is 1. The third kappa shape index (κ3) is 5.39. The second-order valence-electron chi connectivity index (χ2n) is 8.19. The number of carbonyl (C=O) groups excluding carboxylic acids is 2. The summed E-state index contributed by atoms with van der Waals surface area (Å²) in [4.78, 5) is 35.4. The van der Waals surface area contributed by atoms with Gasteiger partial charge in [-0.15, -0.1) is 11.3 Å². The predicted octanol–water partition coefficient (Wildman–Crippen LogP) is 4.63. The molecule has 0 saturated carbocycles. The summed E-state index contributed by atoms with van der Waals surface area (Å²) in [5, 5.41) is 11.6. The van der Waals surface area contributed by atoms with Crippen LogP contribution in [-0.4, -0.2) is 64.4 Å². The number of benzene rings is 1. The SMILES string of the molecule is C=CCOc1ccc(C2C(C(=O)c3sc(C)nc3C)=C(O)C(=O)N2CCCN(CC)CC)cc1. The molecule has 1 aromatic heterocycles. The summed E-state index contributed by atoms with van der Waals surface area (Å²) in [6.07, 6.45) is 2.40. The van der Waals surface area contributed by atoms with Gasteiger partial charge in [0.2, 0.25) is 5.78 Å². The normalized spacial score (nSPS) is 16.0. The number of nitrogens with zero attached hydrogens (tertiary/aromatic N) is 3. The van der Waals surface area contributed by atoms with Gasteiger partial charge in [-0.3, -0.25) is 9.59 Å². The van der Waals surface area contributed by atoms with Crippen LogP contribution in [0.5, 0.6) is 5.75 Å². The van der Waals surface area contributed by atoms with Gasteiger partial charge in [-0.05, 0) is 57.6 Å². The summed E-state index contributed by atoms with van der Waals surface area (Å²) in [7, 11) is 0. The Labute approximate surface area is 205 Å². The van der Waals surface area contributed by atoms with Gasteiger partial charge in [0.1, 0.15) is 12.4 Å². The molecule has 0 radical (unpaired) electrons. The van der Waals surface area contributed by atoms with Crippen LogP contribution in [-0.2, 0) is 4.79 Å². The fourth-order valence-corrected chi connectivity index (χ4v) is 5.11. The summed E-state index contributed by atoms with van der Waals surface area (Å²) in [5.74, 6) is -0.678. The molecule has 1 amide bonds. The van der Waals surface area contributed by atoms with Crippen molar-refractivity contribution in [2.75, 3.05) is 32.8 Å². The van der Waals surface area contributed by atoms with Crippen LogP contribution in [0.2, 0.25) is 0 Å². The van der Waals surface area contributed by atoms with Crippen molar-refractivity contribution in [3.63, 3.8) is 0 Å². The van der Waals surface area contributed by atoms with E-state index in [2.05, 4.69) is 30.3 Å². The molecule has 0 fully saturated rings. The molecule has 0 bridgehead atoms. The van der Waals surface area contributed by atoms with Gasteiger partial charge in [0.05, 0.1) is 27.2 Å². The largest absolute Gasteiger partial charge is 0.503 e. The van der Waals surface area contributed by atoms with Crippen molar-refractivity contribution in [2.24, 2.45) is 0 Å². The minimum absolute atomic E-state index is 0.111. The number of amides is 1. The van der Waals surface area contributed by atoms with Gasteiger partial charge in [-0.1, -0.05) is 38.6 Å². The van der Waals surface area contributed by atoms with Crippen molar-refractivity contribution in [1.82, 2.24) is 14.8 Å². The molecule has 1 atom stereocenters. The molecule has 182 valence electrons. The van der Waals surface area contributed by atoms with Gasteiger partial charge in [0, 0.05) is 6.54 Å². The summed E-state index contributed by atoms with van der Waals surface area (Å²) >= 11 is 1.28. The van der Waals surface area contributed by atoms with Crippen molar-refractivity contribution in [1.29, 1.82) is 0 Å². The fraction of sp³-hybridized carbons (Fsp3) is 0.423. The zero-order valence-electron chi connectivity index (χ0n) is 20.3. The highest BCUT2D eigenvalue weighted by molar-refractivity contribution is 7.14. The minimum Gasteiger partial charge on any atom is -0.503 e. The van der Waals surface area contributed by atoms with Gasteiger partial charge in [-0.25, -0.2) is 4.98 Å². The van der Waals surface area contributed by atoms with Gasteiger partial charge in [0.15, 0.2) is 5.76 Å². The molecule has 2 aromatic rings. The number of hydrogen-bond acceptors (Lipinski definition) is 7. The van der Waals surface area contributed by atoms with Crippen LogP contribution in [0.15, 0.2) is 48.3 Å². The first-order chi connectivity index (χ1) is 16.3. The number of aromatic nitrogens is 1. The Morgan fingerprint density at radius 3 is 2.50 bits per heavy atom. The third-order valence-corrected chi connectivity index (χ3v) is 7.06. The Morgan fingerprint density at radius 1 is 1.26 bits per heavy atom. The summed E-state index contributed by atoms with van der Waals surface area (Å²) in [6, 6.07) is 6.61. The van der Waals surface area contributed by atoms with Crippen LogP contribution in [0.1, 0.15) is 52.2 Å². The van der Waals surface area contributed by atoms with Gasteiger partial charge in [0.25, 0.3) is 5.91 Å². The fourth-order valence-electron chi connectivity index (χ4n) is 4.23. The highest BCUT2D eigenvalue weighted by Gasteiger charge is 2.44. The monoisotopic (exact) mass is 483 g/mol. The second-order valence-corrected chi connectivity index (χ2v) is 9.39. The standard InChI is InChI=1S/C26H33N3O4S/c1-6-16-33-20-12-10-19(11-13-20)22-21(23(30)25-17(4)27-18(5)34-25)24(31)26(32)29(22)15-9-14-28(7-2)8-3/h6,10-13,22,31H,1,7-9,14-16H2,2-5H3. The quantitative estimate of drug-likeness (QED) is 0.350. The van der Waals surface area contributed by atoms with Crippen molar-refractivity contribution in [3.8, 4) is 5.75 Å². The lowest BCUT2D eigenvalue weighted by Gasteiger charge is -2.28. The second kappa shape index (κ2) is 11.4. The highest BCUT2D eigenvalue weighted by Crippen LogP contribution is 2.40. The molecular formula is C26H33N3O4S. The van der Waals surface area contributed by atoms with Gasteiger partial charge in [-0.2, -0.15) is 0 Å². The molecule has 0 aliphatic carbocycles. The molecule has 1 unspecified atom stereocenters. The van der Waals surface area contributed by atoms with Crippen LogP contribution in [0.3, 0.4) is 0 Å². The molecule has 8 heteroatoms. The summed E-state index contributed by atoms with van der Waals surface area (Å²) in [5.41, 5.74) is 1.46. The number of Topliss-reactive ketones (excluding diaryl/α,β-unsaturated/α-hetero) is 1. The smallest absolute Gasteiger partial charge is 0.290 e. The summed E-state index contributed by atoms with van der Waals surface area (Å²) < 4.78 is 5.58. The van der Waals surface area contributed by atoms with E-state index in [0.29, 0.717) is 29.5 Å². The first-order valence-corrected chi connectivity index (χ1v) is 12.4. The first-order valence-electron chi connectivity index (χ1n) is 11.6. The third-order valence-electron chi connectivity index (χ3n) is 5.99. The number of aryl methyl sites for hydroxylation is 2. The van der Waals surface area contributed by atoms with Crippen molar-refractivity contribution >= 4 is 23.0 Å². The molecule has 3 rings (SSSR count). The Bertz CT molecular complexity index is 1070. The lowest BCUT2D eigenvalue weighted by Crippen LogP contribution is -2.34. The number of ether oxygens (including phenoxy) is 1. The highest BCUT2D eigenvalue weighted by atomic mass is 32.1. The number of aliphatic hydroxyl groups excluding tert-OH is 1. The number of rotatable bonds is 12. The van der Waals surface area contributed by atoms with Gasteiger partial charge < -0.3 is 19.6 Å². The molecule has 0 saturated heterocycles. The Kier molecular flexibility index (Phi) is 8.63. The lowest BCUT2D eigenvalue weighted by molar-refractivity contribution is -0.129. The molecule has 1 aliphatic rings. The Morgan fingerprint density at radius 2 is 1.94 bits per heavy atom. The maximum Gasteiger partial charge on any atom is 0.290 e. The van der Waals surface area contributed by atoms with E-state index in [4.69, 9.17) is 4.74 Å². The van der Waals surface area contributed by atoms with Crippen LogP contribution in [0.25, 0.3) is 0 Å². The van der Waals surface area contributed by atoms with E-state index in [1.807, 2.05) is 19.1 Å². The first kappa shape index (κ1) is 25.6. The topological polar surface area (TPSA) is 83.0 Å². The maximum absolute atomic E-state index is 13.6. The number of carbonyl (C=O) groups is 2. The molecule has 0 spiro atoms. The summed E-state index contributed by atoms with van der Waals surface area (Å²) in [6.45, 7) is 15.0. The lowest BCUT2D eigenvalue weighted by atomic mass is 9.95. The van der Waals surface area contributed by atoms with E-state index < -0.39 is 17.7 Å². The van der Waals surface area contributed by atoms with Crippen LogP contribution in [0.4, 0.5) is 0 Å². The van der Waals surface area contributed by atoms with Crippen LogP contribution in [0, 0.1) is 13.8 Å². The van der Waals surface area contributed by atoms with E-state index in [1.54, 1.807) is 30.0 Å². The molecular weight excluding hydrogens is 450 g/mol. The minimum atomic E-state index is -0.674. The number of aliphatic hydroxyl groups is 1. The molecule has 2 heterocycles. The zero-order chi connectivity index (χ0) is 24.8. The molecule has 1 aliphatic heterocycles. The van der Waals surface area contributed by atoms with Gasteiger partial charge >= 0.3 is 0 Å². The average molecular weight is 484 g/mol. The van der Waals surface area contributed by atoms with E-state index in [1.165, 1.54) is 11.3 Å². The maximum atomic E-state index is 13.6. The Balaban J connectivity index is 1.96. The number of hydrogen-bond donors (Lipinski definition) is 1.